The molecule has 0 heterocycles. The van der Waals surface area contributed by atoms with Gasteiger partial charge in [0.15, 0.2) is 6.10 Å². The van der Waals surface area contributed by atoms with E-state index in [1.54, 1.807) is 0 Å². The van der Waals surface area contributed by atoms with E-state index in [1.807, 2.05) is 0 Å². The molecule has 0 N–H and O–H groups in total. The Morgan fingerprint density at radius 1 is 0.304 bits per heavy atom. The quantitative estimate of drug-likeness (QED) is 0.0262. The normalized spacial score (nSPS) is 12.7. The first-order valence-electron chi connectivity index (χ1n) is 29.1. The fourth-order valence-electron chi connectivity index (χ4n) is 8.00. The Morgan fingerprint density at radius 3 is 0.957 bits per heavy atom. The van der Waals surface area contributed by atoms with E-state index < -0.39 is 6.10 Å². The van der Waals surface area contributed by atoms with Gasteiger partial charge in [-0.05, 0) is 109 Å². The fourth-order valence-corrected chi connectivity index (χ4v) is 8.00. The van der Waals surface area contributed by atoms with Crippen LogP contribution >= 0.6 is 0 Å². The molecule has 396 valence electrons. The zero-order valence-corrected chi connectivity index (χ0v) is 45.3. The third-order valence-corrected chi connectivity index (χ3v) is 12.3. The van der Waals surface area contributed by atoms with Crippen molar-refractivity contribution in [3.63, 3.8) is 0 Å². The van der Waals surface area contributed by atoms with Crippen molar-refractivity contribution in [2.75, 3.05) is 13.2 Å². The molecule has 0 spiro atoms. The zero-order valence-electron chi connectivity index (χ0n) is 45.3. The van der Waals surface area contributed by atoms with Crippen LogP contribution in [0.3, 0.4) is 0 Å². The molecular formula is C63H108O6. The summed E-state index contributed by atoms with van der Waals surface area (Å²) in [6.45, 7) is 6.43. The minimum atomic E-state index is -0.782. The van der Waals surface area contributed by atoms with Gasteiger partial charge in [0.05, 0.1) is 0 Å². The van der Waals surface area contributed by atoms with Crippen LogP contribution in [0.15, 0.2) is 85.1 Å². The summed E-state index contributed by atoms with van der Waals surface area (Å²) in [5.74, 6) is -0.899. The minimum absolute atomic E-state index is 0.0817. The number of allylic oxidation sites excluding steroid dienone is 14. The maximum atomic E-state index is 12.8. The van der Waals surface area contributed by atoms with Crippen molar-refractivity contribution in [1.29, 1.82) is 0 Å². The molecule has 0 aromatic carbocycles. The highest BCUT2D eigenvalue weighted by molar-refractivity contribution is 5.71. The average molecular weight is 962 g/mol. The van der Waals surface area contributed by atoms with E-state index in [-0.39, 0.29) is 31.1 Å². The van der Waals surface area contributed by atoms with Crippen molar-refractivity contribution >= 4 is 17.9 Å². The van der Waals surface area contributed by atoms with E-state index >= 15 is 0 Å². The summed E-state index contributed by atoms with van der Waals surface area (Å²) in [6.07, 6.45) is 74.5. The highest BCUT2D eigenvalue weighted by atomic mass is 16.6. The lowest BCUT2D eigenvalue weighted by Crippen LogP contribution is -2.30. The van der Waals surface area contributed by atoms with Gasteiger partial charge in [0.1, 0.15) is 13.2 Å². The van der Waals surface area contributed by atoms with Gasteiger partial charge in [0, 0.05) is 19.3 Å². The number of ether oxygens (including phenoxy) is 3. The van der Waals surface area contributed by atoms with Crippen LogP contribution in [-0.2, 0) is 28.6 Å². The van der Waals surface area contributed by atoms with Gasteiger partial charge in [0.2, 0.25) is 0 Å². The maximum absolute atomic E-state index is 12.8. The summed E-state index contributed by atoms with van der Waals surface area (Å²) in [5.41, 5.74) is 0. The molecule has 0 saturated carbocycles. The van der Waals surface area contributed by atoms with Crippen molar-refractivity contribution < 1.29 is 28.6 Å². The summed E-state index contributed by atoms with van der Waals surface area (Å²) in [7, 11) is 0. The second-order valence-electron chi connectivity index (χ2n) is 19.2. The van der Waals surface area contributed by atoms with Crippen molar-refractivity contribution in [2.24, 2.45) is 0 Å². The van der Waals surface area contributed by atoms with Crippen molar-refractivity contribution in [1.82, 2.24) is 0 Å². The number of carbonyl (C=O) groups is 3. The van der Waals surface area contributed by atoms with Crippen LogP contribution in [0.4, 0.5) is 0 Å². The monoisotopic (exact) mass is 961 g/mol. The van der Waals surface area contributed by atoms with Crippen LogP contribution in [0.25, 0.3) is 0 Å². The molecule has 0 radical (unpaired) electrons. The van der Waals surface area contributed by atoms with Gasteiger partial charge in [-0.25, -0.2) is 0 Å². The Balaban J connectivity index is 4.15. The molecule has 1 unspecified atom stereocenters. The first-order chi connectivity index (χ1) is 34.0. The highest BCUT2D eigenvalue weighted by Crippen LogP contribution is 2.15. The summed E-state index contributed by atoms with van der Waals surface area (Å²) >= 11 is 0. The summed E-state index contributed by atoms with van der Waals surface area (Å²) in [5, 5.41) is 0. The van der Waals surface area contributed by atoms with Crippen LogP contribution in [0.2, 0.25) is 0 Å². The van der Waals surface area contributed by atoms with Gasteiger partial charge < -0.3 is 14.2 Å². The minimum Gasteiger partial charge on any atom is -0.462 e. The smallest absolute Gasteiger partial charge is 0.306 e. The second kappa shape index (κ2) is 57.2. The molecule has 0 rings (SSSR count). The van der Waals surface area contributed by atoms with Gasteiger partial charge in [0.25, 0.3) is 0 Å². The van der Waals surface area contributed by atoms with Gasteiger partial charge in [-0.2, -0.15) is 0 Å². The second-order valence-corrected chi connectivity index (χ2v) is 19.2. The Morgan fingerprint density at radius 2 is 0.594 bits per heavy atom. The molecule has 0 fully saturated rings. The fraction of sp³-hybridized carbons (Fsp3) is 0.730. The maximum Gasteiger partial charge on any atom is 0.306 e. The molecule has 0 aliphatic carbocycles. The van der Waals surface area contributed by atoms with Crippen LogP contribution < -0.4 is 0 Å². The third kappa shape index (κ3) is 55.4. The van der Waals surface area contributed by atoms with Crippen molar-refractivity contribution in [3.8, 4) is 0 Å². The summed E-state index contributed by atoms with van der Waals surface area (Å²) in [4.78, 5) is 38.0. The first kappa shape index (κ1) is 65.6. The third-order valence-electron chi connectivity index (χ3n) is 12.3. The highest BCUT2D eigenvalue weighted by Gasteiger charge is 2.19. The molecule has 6 heteroatoms. The standard InChI is InChI=1S/C63H108O6/c1-4-7-10-13-16-19-22-24-25-26-27-28-29-30-31-32-33-34-35-36-37-38-39-40-42-44-47-50-53-56-62(65)68-59-60(58-67-61(64)55-52-49-46-43-21-18-15-12-9-6-3)69-63(66)57-54-51-48-45-41-23-20-17-14-11-8-5-2/h7,10,12,15-17,19-20,24-25,27-28,30-31,60H,4-6,8-9,11,13-14,18,21-23,26,29,32-59H2,1-3H3/b10-7-,15-12-,19-16-,20-17-,25-24-,28-27-,31-30-. The predicted octanol–water partition coefficient (Wildman–Crippen LogP) is 19.5. The van der Waals surface area contributed by atoms with Crippen molar-refractivity contribution in [2.45, 2.75) is 284 Å². The molecule has 0 bridgehead atoms. The molecule has 0 aromatic heterocycles. The number of hydrogen-bond acceptors (Lipinski definition) is 6. The summed E-state index contributed by atoms with van der Waals surface area (Å²) in [6, 6.07) is 0. The Hall–Kier alpha value is -3.41. The van der Waals surface area contributed by atoms with E-state index in [9.17, 15) is 14.4 Å². The molecule has 6 nitrogen and oxygen atoms in total. The number of hydrogen-bond donors (Lipinski definition) is 0. The van der Waals surface area contributed by atoms with E-state index in [0.29, 0.717) is 19.3 Å². The van der Waals surface area contributed by atoms with Gasteiger partial charge >= 0.3 is 17.9 Å². The molecule has 1 atom stereocenters. The predicted molar refractivity (Wildman–Crippen MR) is 297 cm³/mol. The number of rotatable bonds is 52. The molecule has 0 aromatic rings. The van der Waals surface area contributed by atoms with Crippen LogP contribution in [-0.4, -0.2) is 37.2 Å². The Kier molecular flexibility index (Phi) is 54.3. The molecule has 69 heavy (non-hydrogen) atoms. The van der Waals surface area contributed by atoms with E-state index in [1.165, 1.54) is 122 Å². The topological polar surface area (TPSA) is 78.9 Å². The first-order valence-corrected chi connectivity index (χ1v) is 29.1. The van der Waals surface area contributed by atoms with Crippen LogP contribution in [0.5, 0.6) is 0 Å². The molecule has 0 aliphatic heterocycles. The SMILES string of the molecule is CC/C=C\C/C=C\C/C=C\C/C=C\C/C=C\CCCCCCCCCCCCCCCC(=O)OCC(COC(=O)CCCCCCC/C=C\CCC)OC(=O)CCCCCCC/C=C\CCCCC. The molecule has 0 saturated heterocycles. The Bertz CT molecular complexity index is 1330. The van der Waals surface area contributed by atoms with Crippen molar-refractivity contribution in [3.05, 3.63) is 85.1 Å². The number of unbranched alkanes of at least 4 members (excludes halogenated alkanes) is 27. The van der Waals surface area contributed by atoms with Gasteiger partial charge in [-0.15, -0.1) is 0 Å². The largest absolute Gasteiger partial charge is 0.462 e. The lowest BCUT2D eigenvalue weighted by molar-refractivity contribution is -0.167. The zero-order chi connectivity index (χ0) is 50.0. The lowest BCUT2D eigenvalue weighted by Gasteiger charge is -2.18. The van der Waals surface area contributed by atoms with E-state index in [0.717, 1.165) is 116 Å². The van der Waals surface area contributed by atoms with Gasteiger partial charge in [-0.3, -0.25) is 14.4 Å². The number of carbonyl (C=O) groups excluding carboxylic acids is 3. The summed E-state index contributed by atoms with van der Waals surface area (Å²) < 4.78 is 16.8. The average Bonchev–Trinajstić information content (AvgIpc) is 3.35. The van der Waals surface area contributed by atoms with Crippen LogP contribution in [0.1, 0.15) is 278 Å². The lowest BCUT2D eigenvalue weighted by atomic mass is 10.0. The van der Waals surface area contributed by atoms with E-state index in [2.05, 4.69) is 106 Å². The van der Waals surface area contributed by atoms with Crippen LogP contribution in [0, 0.1) is 0 Å². The molecular weight excluding hydrogens is 853 g/mol. The van der Waals surface area contributed by atoms with E-state index in [4.69, 9.17) is 14.2 Å². The number of esters is 3. The Labute approximate surface area is 426 Å². The molecule has 0 amide bonds. The van der Waals surface area contributed by atoms with Gasteiger partial charge in [-0.1, -0.05) is 234 Å². The molecule has 0 aliphatic rings.